The van der Waals surface area contributed by atoms with Crippen molar-refractivity contribution < 1.29 is 14.5 Å². The van der Waals surface area contributed by atoms with Gasteiger partial charge in [-0.1, -0.05) is 25.5 Å². The van der Waals surface area contributed by atoms with Gasteiger partial charge >= 0.3 is 0 Å². The fourth-order valence-electron chi connectivity index (χ4n) is 3.38. The summed E-state index contributed by atoms with van der Waals surface area (Å²) in [7, 11) is 1.58. The van der Waals surface area contributed by atoms with E-state index < -0.39 is 0 Å². The average molecular weight is 305 g/mol. The molecule has 0 radical (unpaired) electrons. The molecule has 5 nitrogen and oxygen atoms in total. The Morgan fingerprint density at radius 1 is 1.36 bits per heavy atom. The Labute approximate surface area is 130 Å². The molecular weight excluding hydrogens is 282 g/mol. The van der Waals surface area contributed by atoms with Crippen molar-refractivity contribution in [3.63, 3.8) is 0 Å². The van der Waals surface area contributed by atoms with Gasteiger partial charge in [-0.15, -0.1) is 0 Å². The van der Waals surface area contributed by atoms with E-state index in [0.29, 0.717) is 18.1 Å². The van der Waals surface area contributed by atoms with Crippen molar-refractivity contribution in [3.05, 3.63) is 39.9 Å². The molecule has 2 rings (SSSR count). The Morgan fingerprint density at radius 3 is 2.59 bits per heavy atom. The van der Waals surface area contributed by atoms with Crippen LogP contribution in [0.3, 0.4) is 0 Å². The molecule has 5 heteroatoms. The number of rotatable bonds is 6. The number of methoxy groups -OCH3 is 1. The highest BCUT2D eigenvalue weighted by molar-refractivity contribution is 5.82. The van der Waals surface area contributed by atoms with Crippen LogP contribution in [-0.2, 0) is 4.79 Å². The molecule has 1 aromatic rings. The van der Waals surface area contributed by atoms with Crippen LogP contribution in [0.25, 0.3) is 0 Å². The van der Waals surface area contributed by atoms with Gasteiger partial charge in [0.2, 0.25) is 6.54 Å². The lowest BCUT2D eigenvalue weighted by Crippen LogP contribution is -2.33. The number of nitrogens with zero attached hydrogens (tertiary/aromatic N) is 1. The Bertz CT molecular complexity index is 526. The summed E-state index contributed by atoms with van der Waals surface area (Å²) in [6.45, 7) is 1.92. The summed E-state index contributed by atoms with van der Waals surface area (Å²) in [6, 6.07) is 7.28. The predicted molar refractivity (Wildman–Crippen MR) is 83.7 cm³/mol. The largest absolute Gasteiger partial charge is 0.497 e. The summed E-state index contributed by atoms with van der Waals surface area (Å²) in [4.78, 5) is 23.1. The third kappa shape index (κ3) is 3.84. The first-order valence-electron chi connectivity index (χ1n) is 7.83. The Balaban J connectivity index is 2.27. The number of carbonyl (C=O) groups excluding carboxylic acids is 1. The summed E-state index contributed by atoms with van der Waals surface area (Å²) in [6.07, 6.45) is 3.25. The third-order valence-electron chi connectivity index (χ3n) is 4.75. The highest BCUT2D eigenvalue weighted by atomic mass is 16.6. The zero-order chi connectivity index (χ0) is 16.1. The maximum Gasteiger partial charge on any atom is 0.211 e. The van der Waals surface area contributed by atoms with Crippen LogP contribution in [0.1, 0.15) is 44.1 Å². The van der Waals surface area contributed by atoms with Gasteiger partial charge in [-0.2, -0.15) is 0 Å². The zero-order valence-electron chi connectivity index (χ0n) is 13.2. The molecule has 22 heavy (non-hydrogen) atoms. The number of ether oxygens (including phenoxy) is 1. The molecule has 3 atom stereocenters. The maximum atomic E-state index is 12.3. The second-order valence-corrected chi connectivity index (χ2v) is 6.02. The van der Waals surface area contributed by atoms with Crippen LogP contribution < -0.4 is 4.74 Å². The Morgan fingerprint density at radius 2 is 2.05 bits per heavy atom. The van der Waals surface area contributed by atoms with Crippen LogP contribution in [0.5, 0.6) is 5.75 Å². The molecule has 1 aromatic carbocycles. The van der Waals surface area contributed by atoms with Crippen molar-refractivity contribution in [1.82, 2.24) is 0 Å². The molecule has 0 aromatic heterocycles. The number of Topliss-reactive ketones (excluding diaryl/α,β-unsaturated/α-hetero) is 1. The number of hydrogen-bond acceptors (Lipinski definition) is 4. The summed E-state index contributed by atoms with van der Waals surface area (Å²) in [5.74, 6) is 0.799. The summed E-state index contributed by atoms with van der Waals surface area (Å²) in [5, 5.41) is 11.1. The van der Waals surface area contributed by atoms with E-state index >= 15 is 0 Å². The van der Waals surface area contributed by atoms with Gasteiger partial charge in [0.1, 0.15) is 11.5 Å². The van der Waals surface area contributed by atoms with Crippen molar-refractivity contribution in [1.29, 1.82) is 0 Å². The normalized spacial score (nSPS) is 23.1. The number of nitro groups is 1. The van der Waals surface area contributed by atoms with E-state index in [9.17, 15) is 14.9 Å². The molecule has 0 heterocycles. The molecule has 0 aliphatic heterocycles. The summed E-state index contributed by atoms with van der Waals surface area (Å²) in [5.41, 5.74) is 0.854. The van der Waals surface area contributed by atoms with Gasteiger partial charge < -0.3 is 4.74 Å². The lowest BCUT2D eigenvalue weighted by Gasteiger charge is -2.31. The number of carbonyl (C=O) groups is 1. The minimum absolute atomic E-state index is 0.173. The van der Waals surface area contributed by atoms with E-state index in [1.807, 2.05) is 12.1 Å². The van der Waals surface area contributed by atoms with E-state index in [0.717, 1.165) is 24.8 Å². The molecule has 0 unspecified atom stereocenters. The third-order valence-corrected chi connectivity index (χ3v) is 4.75. The van der Waals surface area contributed by atoms with Crippen molar-refractivity contribution in [2.45, 2.75) is 38.5 Å². The van der Waals surface area contributed by atoms with Crippen LogP contribution in [0.2, 0.25) is 0 Å². The van der Waals surface area contributed by atoms with Gasteiger partial charge in [0.15, 0.2) is 0 Å². The highest BCUT2D eigenvalue weighted by Crippen LogP contribution is 2.38. The van der Waals surface area contributed by atoms with Gasteiger partial charge in [0, 0.05) is 17.3 Å². The topological polar surface area (TPSA) is 69.4 Å². The first-order valence-corrected chi connectivity index (χ1v) is 7.83. The van der Waals surface area contributed by atoms with Gasteiger partial charge in [-0.3, -0.25) is 14.9 Å². The van der Waals surface area contributed by atoms with Gasteiger partial charge in [-0.25, -0.2) is 0 Å². The molecule has 1 fully saturated rings. The second kappa shape index (κ2) is 7.38. The summed E-state index contributed by atoms with van der Waals surface area (Å²) >= 11 is 0. The van der Waals surface area contributed by atoms with Crippen LogP contribution in [-0.4, -0.2) is 24.4 Å². The van der Waals surface area contributed by atoms with E-state index in [-0.39, 0.29) is 29.1 Å². The van der Waals surface area contributed by atoms with E-state index in [4.69, 9.17) is 4.74 Å². The van der Waals surface area contributed by atoms with Crippen LogP contribution in [0.4, 0.5) is 0 Å². The molecule has 1 aliphatic carbocycles. The van der Waals surface area contributed by atoms with Crippen molar-refractivity contribution in [2.75, 3.05) is 13.7 Å². The first kappa shape index (κ1) is 16.5. The van der Waals surface area contributed by atoms with Gasteiger partial charge in [0.05, 0.1) is 13.0 Å². The molecular formula is C17H23NO4. The molecule has 0 N–H and O–H groups in total. The average Bonchev–Trinajstić information content (AvgIpc) is 2.53. The van der Waals surface area contributed by atoms with Crippen LogP contribution in [0.15, 0.2) is 24.3 Å². The Kier molecular flexibility index (Phi) is 5.52. The van der Waals surface area contributed by atoms with Gasteiger partial charge in [0.25, 0.3) is 0 Å². The molecule has 1 aliphatic rings. The molecule has 0 amide bonds. The number of benzene rings is 1. The van der Waals surface area contributed by atoms with Crippen molar-refractivity contribution >= 4 is 5.78 Å². The molecule has 0 saturated heterocycles. The summed E-state index contributed by atoms with van der Waals surface area (Å²) < 4.78 is 5.13. The monoisotopic (exact) mass is 305 g/mol. The fraction of sp³-hybridized carbons (Fsp3) is 0.588. The zero-order valence-corrected chi connectivity index (χ0v) is 13.2. The van der Waals surface area contributed by atoms with E-state index in [1.165, 1.54) is 0 Å². The van der Waals surface area contributed by atoms with Crippen LogP contribution >= 0.6 is 0 Å². The first-order chi connectivity index (χ1) is 10.5. The van der Waals surface area contributed by atoms with Gasteiger partial charge in [-0.05, 0) is 36.5 Å². The Hall–Kier alpha value is -1.91. The molecule has 120 valence electrons. The lowest BCUT2D eigenvalue weighted by atomic mass is 9.71. The minimum Gasteiger partial charge on any atom is -0.497 e. The van der Waals surface area contributed by atoms with Crippen molar-refractivity contribution in [2.24, 2.45) is 11.8 Å². The SMILES string of the molecule is CC[C@H]1CCC(=O)[C@H]([C@@H](C[N+](=O)[O-])c2ccc(OC)cc2)C1. The fourth-order valence-corrected chi connectivity index (χ4v) is 3.38. The molecule has 0 spiro atoms. The smallest absolute Gasteiger partial charge is 0.211 e. The highest BCUT2D eigenvalue weighted by Gasteiger charge is 2.37. The maximum absolute atomic E-state index is 12.3. The standard InChI is InChI=1S/C17H23NO4/c1-3-12-4-9-17(19)15(10-12)16(11-18(20)21)13-5-7-14(22-2)8-6-13/h5-8,12,15-16H,3-4,9-11H2,1-2H3/t12-,15-,16-/m0/s1. The molecule has 1 saturated carbocycles. The quantitative estimate of drug-likeness (QED) is 0.596. The molecule has 0 bridgehead atoms. The second-order valence-electron chi connectivity index (χ2n) is 6.02. The van der Waals surface area contributed by atoms with Crippen molar-refractivity contribution in [3.8, 4) is 5.75 Å². The van der Waals surface area contributed by atoms with E-state index in [2.05, 4.69) is 6.92 Å². The van der Waals surface area contributed by atoms with Crippen LogP contribution in [0, 0.1) is 22.0 Å². The minimum atomic E-state index is -0.345. The number of hydrogen-bond donors (Lipinski definition) is 0. The number of ketones is 1. The lowest BCUT2D eigenvalue weighted by molar-refractivity contribution is -0.484. The predicted octanol–water partition coefficient (Wildman–Crippen LogP) is 3.45. The van der Waals surface area contributed by atoms with E-state index in [1.54, 1.807) is 19.2 Å².